The molecule has 0 aliphatic heterocycles. The van der Waals surface area contributed by atoms with Gasteiger partial charge in [-0.3, -0.25) is 4.79 Å². The van der Waals surface area contributed by atoms with Crippen LogP contribution in [0.5, 0.6) is 0 Å². The van der Waals surface area contributed by atoms with Gasteiger partial charge in [-0.1, -0.05) is 18.2 Å². The molecule has 0 spiro atoms. The predicted molar refractivity (Wildman–Crippen MR) is 70.8 cm³/mol. The van der Waals surface area contributed by atoms with Gasteiger partial charge in [0.2, 0.25) is 0 Å². The summed E-state index contributed by atoms with van der Waals surface area (Å²) in [6, 6.07) is 7.68. The first kappa shape index (κ1) is 12.8. The number of carbonyl (C=O) groups is 1. The largest absolute Gasteiger partial charge is 0.356 e. The smallest absolute Gasteiger partial charge is 0.268 e. The number of hydrogen-bond acceptors (Lipinski definition) is 1. The molecule has 18 heavy (non-hydrogen) atoms. The molecule has 5 heteroatoms. The van der Waals surface area contributed by atoms with E-state index in [4.69, 9.17) is 0 Å². The van der Waals surface area contributed by atoms with Gasteiger partial charge in [-0.15, -0.1) is 0 Å². The van der Waals surface area contributed by atoms with E-state index in [1.807, 2.05) is 0 Å². The minimum Gasteiger partial charge on any atom is -0.356 e. The molecule has 94 valence electrons. The molecular weight excluding hydrogens is 299 g/mol. The summed E-state index contributed by atoms with van der Waals surface area (Å²) in [5, 5.41) is 2.74. The molecule has 2 aromatic rings. The van der Waals surface area contributed by atoms with Crippen LogP contribution < -0.4 is 5.32 Å². The Morgan fingerprint density at radius 3 is 2.78 bits per heavy atom. The van der Waals surface area contributed by atoms with Crippen LogP contribution in [0.1, 0.15) is 29.0 Å². The number of H-pyrrole nitrogens is 1. The van der Waals surface area contributed by atoms with E-state index in [2.05, 4.69) is 26.2 Å². The van der Waals surface area contributed by atoms with Crippen molar-refractivity contribution in [3.8, 4) is 0 Å². The zero-order valence-electron chi connectivity index (χ0n) is 9.71. The van der Waals surface area contributed by atoms with Crippen LogP contribution in [0.15, 0.2) is 41.0 Å². The molecule has 0 bridgehead atoms. The number of aromatic nitrogens is 1. The van der Waals surface area contributed by atoms with Crippen LogP contribution in [-0.2, 0) is 0 Å². The lowest BCUT2D eigenvalue weighted by molar-refractivity contribution is 0.0935. The van der Waals surface area contributed by atoms with Crippen molar-refractivity contribution in [2.45, 2.75) is 13.0 Å². The highest BCUT2D eigenvalue weighted by molar-refractivity contribution is 9.10. The van der Waals surface area contributed by atoms with Crippen molar-refractivity contribution in [2.75, 3.05) is 0 Å². The maximum absolute atomic E-state index is 13.5. The molecule has 0 saturated heterocycles. The van der Waals surface area contributed by atoms with Crippen LogP contribution >= 0.6 is 15.9 Å². The zero-order chi connectivity index (χ0) is 13.1. The number of hydrogen-bond donors (Lipinski definition) is 2. The molecule has 0 radical (unpaired) electrons. The van der Waals surface area contributed by atoms with Crippen molar-refractivity contribution < 1.29 is 9.18 Å². The minimum absolute atomic E-state index is 0.267. The van der Waals surface area contributed by atoms with E-state index in [0.29, 0.717) is 11.3 Å². The summed E-state index contributed by atoms with van der Waals surface area (Å²) < 4.78 is 14.3. The predicted octanol–water partition coefficient (Wildman–Crippen LogP) is 3.41. The number of nitrogens with one attached hydrogen (secondary N) is 2. The SMILES string of the molecule is CC(NC(=O)c1cc(Br)c[nH]1)c1ccccc1F. The first-order valence-corrected chi connectivity index (χ1v) is 6.26. The van der Waals surface area contributed by atoms with Gasteiger partial charge in [-0.25, -0.2) is 4.39 Å². The van der Waals surface area contributed by atoms with Gasteiger partial charge in [0.05, 0.1) is 6.04 Å². The second kappa shape index (κ2) is 5.35. The van der Waals surface area contributed by atoms with Crippen LogP contribution in [0.3, 0.4) is 0 Å². The molecule has 2 rings (SSSR count). The third-order valence-corrected chi connectivity index (χ3v) is 3.07. The van der Waals surface area contributed by atoms with Gasteiger partial charge in [0.1, 0.15) is 11.5 Å². The van der Waals surface area contributed by atoms with Crippen molar-refractivity contribution in [3.63, 3.8) is 0 Å². The number of amides is 1. The van der Waals surface area contributed by atoms with Crippen LogP contribution in [0, 0.1) is 5.82 Å². The molecule has 1 heterocycles. The van der Waals surface area contributed by atoms with Gasteiger partial charge in [-0.2, -0.15) is 0 Å². The summed E-state index contributed by atoms with van der Waals surface area (Å²) in [6.07, 6.45) is 1.67. The lowest BCUT2D eigenvalue weighted by Crippen LogP contribution is -2.27. The Balaban J connectivity index is 2.10. The molecule has 1 unspecified atom stereocenters. The van der Waals surface area contributed by atoms with Crippen molar-refractivity contribution in [1.29, 1.82) is 0 Å². The van der Waals surface area contributed by atoms with Gasteiger partial charge in [0.15, 0.2) is 0 Å². The lowest BCUT2D eigenvalue weighted by Gasteiger charge is -2.14. The number of carbonyl (C=O) groups excluding carboxylic acids is 1. The highest BCUT2D eigenvalue weighted by Gasteiger charge is 2.15. The first-order chi connectivity index (χ1) is 8.58. The quantitative estimate of drug-likeness (QED) is 0.896. The van der Waals surface area contributed by atoms with E-state index in [1.54, 1.807) is 37.4 Å². The van der Waals surface area contributed by atoms with Crippen molar-refractivity contribution >= 4 is 21.8 Å². The van der Waals surface area contributed by atoms with E-state index in [0.717, 1.165) is 4.47 Å². The maximum atomic E-state index is 13.5. The fraction of sp³-hybridized carbons (Fsp3) is 0.154. The minimum atomic E-state index is -0.388. The molecule has 1 aromatic heterocycles. The third-order valence-electron chi connectivity index (χ3n) is 2.61. The zero-order valence-corrected chi connectivity index (χ0v) is 11.3. The molecule has 3 nitrogen and oxygen atoms in total. The molecule has 0 aliphatic carbocycles. The fourth-order valence-electron chi connectivity index (χ4n) is 1.68. The van der Waals surface area contributed by atoms with Crippen LogP contribution in [0.25, 0.3) is 0 Å². The summed E-state index contributed by atoms with van der Waals surface area (Å²) in [5.74, 6) is -0.589. The van der Waals surface area contributed by atoms with E-state index >= 15 is 0 Å². The Morgan fingerprint density at radius 2 is 2.17 bits per heavy atom. The van der Waals surface area contributed by atoms with Gasteiger partial charge < -0.3 is 10.3 Å². The van der Waals surface area contributed by atoms with Crippen molar-refractivity contribution in [3.05, 3.63) is 58.1 Å². The van der Waals surface area contributed by atoms with Gasteiger partial charge in [0, 0.05) is 16.2 Å². The number of rotatable bonds is 3. The summed E-state index contributed by atoms with van der Waals surface area (Å²) in [5.41, 5.74) is 0.904. The van der Waals surface area contributed by atoms with Gasteiger partial charge in [-0.05, 0) is 35.0 Å². The number of halogens is 2. The fourth-order valence-corrected chi connectivity index (χ4v) is 2.02. The summed E-state index contributed by atoms with van der Waals surface area (Å²) in [4.78, 5) is 14.7. The molecule has 0 aliphatic rings. The molecule has 1 atom stereocenters. The molecule has 0 saturated carbocycles. The van der Waals surface area contributed by atoms with Gasteiger partial charge >= 0.3 is 0 Å². The summed E-state index contributed by atoms with van der Waals surface area (Å²) in [7, 11) is 0. The van der Waals surface area contributed by atoms with Crippen LogP contribution in [0.2, 0.25) is 0 Å². The van der Waals surface area contributed by atoms with E-state index < -0.39 is 0 Å². The second-order valence-electron chi connectivity index (χ2n) is 3.95. The topological polar surface area (TPSA) is 44.9 Å². The monoisotopic (exact) mass is 310 g/mol. The maximum Gasteiger partial charge on any atom is 0.268 e. The first-order valence-electron chi connectivity index (χ1n) is 5.47. The third kappa shape index (κ3) is 2.79. The Kier molecular flexibility index (Phi) is 3.81. The van der Waals surface area contributed by atoms with Crippen LogP contribution in [-0.4, -0.2) is 10.9 Å². The molecule has 2 N–H and O–H groups in total. The number of benzene rings is 1. The van der Waals surface area contributed by atoms with E-state index in [9.17, 15) is 9.18 Å². The Labute approximate surface area is 113 Å². The Hall–Kier alpha value is -1.62. The average Bonchev–Trinajstić information content (AvgIpc) is 2.76. The molecule has 1 aromatic carbocycles. The van der Waals surface area contributed by atoms with Crippen molar-refractivity contribution in [2.24, 2.45) is 0 Å². The number of aromatic amines is 1. The summed E-state index contributed by atoms with van der Waals surface area (Å²) in [6.45, 7) is 1.74. The molecule has 0 fully saturated rings. The average molecular weight is 311 g/mol. The molecule has 1 amide bonds. The van der Waals surface area contributed by atoms with E-state index in [-0.39, 0.29) is 17.8 Å². The Bertz CT molecular complexity index is 568. The Morgan fingerprint density at radius 1 is 1.44 bits per heavy atom. The highest BCUT2D eigenvalue weighted by atomic mass is 79.9. The standard InChI is InChI=1S/C13H12BrFN2O/c1-8(10-4-2-3-5-11(10)15)17-13(18)12-6-9(14)7-16-12/h2-8,16H,1H3,(H,17,18). The van der Waals surface area contributed by atoms with E-state index in [1.165, 1.54) is 6.07 Å². The summed E-state index contributed by atoms with van der Waals surface area (Å²) >= 11 is 3.25. The van der Waals surface area contributed by atoms with Crippen LogP contribution in [0.4, 0.5) is 4.39 Å². The second-order valence-corrected chi connectivity index (χ2v) is 4.86. The molecular formula is C13H12BrFN2O. The normalized spacial score (nSPS) is 12.2. The van der Waals surface area contributed by atoms with Gasteiger partial charge in [0.25, 0.3) is 5.91 Å². The lowest BCUT2D eigenvalue weighted by atomic mass is 10.1. The highest BCUT2D eigenvalue weighted by Crippen LogP contribution is 2.17. The van der Waals surface area contributed by atoms with Crippen molar-refractivity contribution in [1.82, 2.24) is 10.3 Å².